The molecule has 2 aromatic rings. The average Bonchev–Trinajstić information content (AvgIpc) is 2.64. The van der Waals surface area contributed by atoms with E-state index in [4.69, 9.17) is 51.1 Å². The van der Waals surface area contributed by atoms with Crippen LogP contribution in [-0.4, -0.2) is 28.8 Å². The van der Waals surface area contributed by atoms with Crippen LogP contribution in [0.25, 0.3) is 0 Å². The number of Topliss-reactive ketones (excluding diaryl/α,β-unsaturated/α-hetero) is 1. The lowest BCUT2D eigenvalue weighted by Crippen LogP contribution is -2.44. The third-order valence-electron chi connectivity index (χ3n) is 4.27. The number of benzene rings is 2. The predicted octanol–water partition coefficient (Wildman–Crippen LogP) is 7.67. The summed E-state index contributed by atoms with van der Waals surface area (Å²) in [5.41, 5.74) is -5.53. The number of alkyl halides is 3. The Morgan fingerprint density at radius 1 is 0.970 bits per heavy atom. The molecule has 0 spiro atoms. The molecule has 1 amide bonds. The summed E-state index contributed by atoms with van der Waals surface area (Å²) in [6.45, 7) is 4.88. The maximum Gasteiger partial charge on any atom is 0.421 e. The second-order valence-electron chi connectivity index (χ2n) is 8.03. The molecular formula is C21H18Cl4F3NO4. The van der Waals surface area contributed by atoms with Crippen LogP contribution in [0.5, 0.6) is 0 Å². The second-order valence-corrected chi connectivity index (χ2v) is 9.63. The van der Waals surface area contributed by atoms with Gasteiger partial charge in [-0.2, -0.15) is 13.2 Å². The first-order chi connectivity index (χ1) is 14.9. The minimum absolute atomic E-state index is 0.0137. The number of carbonyl (C=O) groups is 2. The van der Waals surface area contributed by atoms with Crippen molar-refractivity contribution >= 4 is 64.0 Å². The molecule has 0 aromatic heterocycles. The van der Waals surface area contributed by atoms with Gasteiger partial charge in [0.25, 0.3) is 0 Å². The van der Waals surface area contributed by atoms with Crippen molar-refractivity contribution in [3.8, 4) is 0 Å². The Kier molecular flexibility index (Phi) is 8.24. The fourth-order valence-corrected chi connectivity index (χ4v) is 3.46. The van der Waals surface area contributed by atoms with Gasteiger partial charge < -0.3 is 9.84 Å². The molecule has 1 unspecified atom stereocenters. The zero-order valence-electron chi connectivity index (χ0n) is 17.4. The topological polar surface area (TPSA) is 75.6 Å². The van der Waals surface area contributed by atoms with Crippen LogP contribution in [0.1, 0.15) is 43.1 Å². The van der Waals surface area contributed by atoms with Crippen LogP contribution in [-0.2, 0) is 10.3 Å². The molecule has 0 bridgehead atoms. The zero-order valence-corrected chi connectivity index (χ0v) is 20.4. The van der Waals surface area contributed by atoms with Gasteiger partial charge in [0.1, 0.15) is 5.60 Å². The van der Waals surface area contributed by atoms with E-state index in [1.165, 1.54) is 6.07 Å². The van der Waals surface area contributed by atoms with Crippen molar-refractivity contribution < 1.29 is 32.6 Å². The van der Waals surface area contributed by atoms with Crippen LogP contribution in [0.15, 0.2) is 30.3 Å². The van der Waals surface area contributed by atoms with E-state index in [2.05, 4.69) is 5.32 Å². The molecule has 12 heteroatoms. The fourth-order valence-electron chi connectivity index (χ4n) is 2.70. The molecule has 2 rings (SSSR count). The maximum absolute atomic E-state index is 13.9. The Labute approximate surface area is 207 Å². The zero-order chi connectivity index (χ0) is 25.4. The normalized spacial score (nSPS) is 13.9. The molecule has 0 fully saturated rings. The van der Waals surface area contributed by atoms with Gasteiger partial charge in [-0.15, -0.1) is 0 Å². The summed E-state index contributed by atoms with van der Waals surface area (Å²) in [5, 5.41) is 12.0. The summed E-state index contributed by atoms with van der Waals surface area (Å²) in [5.74, 6) is -1.10. The first kappa shape index (κ1) is 27.5. The molecule has 1 atom stereocenters. The van der Waals surface area contributed by atoms with Crippen LogP contribution in [0, 0.1) is 0 Å². The molecule has 0 aliphatic carbocycles. The summed E-state index contributed by atoms with van der Waals surface area (Å²) in [7, 11) is 0. The number of rotatable bonds is 5. The fraction of sp³-hybridized carbons (Fsp3) is 0.333. The molecule has 0 heterocycles. The number of amides is 1. The number of ketones is 1. The van der Waals surface area contributed by atoms with E-state index in [0.717, 1.165) is 24.3 Å². The quantitative estimate of drug-likeness (QED) is 0.298. The number of halogens is 7. The maximum atomic E-state index is 13.9. The minimum Gasteiger partial charge on any atom is -0.444 e. The van der Waals surface area contributed by atoms with Crippen molar-refractivity contribution in [3.63, 3.8) is 0 Å². The molecule has 33 heavy (non-hydrogen) atoms. The summed E-state index contributed by atoms with van der Waals surface area (Å²) in [6, 6.07) is 5.02. The lowest BCUT2D eigenvalue weighted by molar-refractivity contribution is -0.264. The number of nitrogens with one attached hydrogen (secondary N) is 1. The van der Waals surface area contributed by atoms with Crippen LogP contribution < -0.4 is 5.32 Å². The van der Waals surface area contributed by atoms with E-state index in [-0.39, 0.29) is 31.3 Å². The smallest absolute Gasteiger partial charge is 0.421 e. The second kappa shape index (κ2) is 9.88. The van der Waals surface area contributed by atoms with E-state index in [1.54, 1.807) is 20.8 Å². The van der Waals surface area contributed by atoms with Gasteiger partial charge in [-0.3, -0.25) is 10.1 Å². The summed E-state index contributed by atoms with van der Waals surface area (Å²) >= 11 is 23.4. The lowest BCUT2D eigenvalue weighted by Gasteiger charge is -2.31. The first-order valence-corrected chi connectivity index (χ1v) is 10.7. The van der Waals surface area contributed by atoms with Crippen molar-refractivity contribution in [2.24, 2.45) is 0 Å². The Bertz CT molecular complexity index is 1060. The number of ether oxygens (including phenoxy) is 1. The molecule has 0 saturated heterocycles. The summed E-state index contributed by atoms with van der Waals surface area (Å²) in [6.07, 6.45) is -7.56. The molecule has 5 nitrogen and oxygen atoms in total. The Hall–Kier alpha value is -1.71. The third-order valence-corrected chi connectivity index (χ3v) is 5.80. The average molecular weight is 547 g/mol. The number of hydrogen-bond acceptors (Lipinski definition) is 4. The highest BCUT2D eigenvalue weighted by Gasteiger charge is 2.56. The largest absolute Gasteiger partial charge is 0.444 e. The van der Waals surface area contributed by atoms with E-state index >= 15 is 0 Å². The van der Waals surface area contributed by atoms with Crippen LogP contribution in [0.2, 0.25) is 20.1 Å². The Balaban J connectivity index is 2.40. The minimum atomic E-state index is -5.27. The number of anilines is 1. The van der Waals surface area contributed by atoms with Crippen molar-refractivity contribution in [1.29, 1.82) is 0 Å². The van der Waals surface area contributed by atoms with Crippen molar-refractivity contribution in [1.82, 2.24) is 0 Å². The Morgan fingerprint density at radius 2 is 1.52 bits per heavy atom. The van der Waals surface area contributed by atoms with Crippen LogP contribution in [0.4, 0.5) is 23.7 Å². The van der Waals surface area contributed by atoms with Crippen molar-refractivity contribution in [2.45, 2.75) is 44.6 Å². The number of hydrogen-bond donors (Lipinski definition) is 2. The predicted molar refractivity (Wildman–Crippen MR) is 122 cm³/mol. The molecule has 0 aliphatic heterocycles. The van der Waals surface area contributed by atoms with Gasteiger partial charge in [-0.25, -0.2) is 4.79 Å². The number of carbonyl (C=O) groups excluding carboxylic acids is 2. The first-order valence-electron chi connectivity index (χ1n) is 9.21. The van der Waals surface area contributed by atoms with Crippen molar-refractivity contribution in [3.05, 3.63) is 61.5 Å². The SMILES string of the molecule is CC(C)(C)OC(=O)Nc1cc(C(=O)CC(O)(c2cc(Cl)c(Cl)c(Cl)c2)C(F)(F)F)ccc1Cl. The molecular weight excluding hydrogens is 529 g/mol. The van der Waals surface area contributed by atoms with Gasteiger partial charge >= 0.3 is 12.3 Å². The van der Waals surface area contributed by atoms with E-state index in [9.17, 15) is 27.9 Å². The number of aliphatic hydroxyl groups is 1. The van der Waals surface area contributed by atoms with Gasteiger partial charge in [-0.1, -0.05) is 46.4 Å². The van der Waals surface area contributed by atoms with Crippen LogP contribution in [0.3, 0.4) is 0 Å². The lowest BCUT2D eigenvalue weighted by atomic mass is 9.86. The highest BCUT2D eigenvalue weighted by atomic mass is 35.5. The molecule has 180 valence electrons. The van der Waals surface area contributed by atoms with E-state index < -0.39 is 41.2 Å². The van der Waals surface area contributed by atoms with Gasteiger partial charge in [-0.05, 0) is 56.7 Å². The van der Waals surface area contributed by atoms with E-state index in [1.807, 2.05) is 0 Å². The molecule has 2 aromatic carbocycles. The van der Waals surface area contributed by atoms with E-state index in [0.29, 0.717) is 0 Å². The monoisotopic (exact) mass is 545 g/mol. The van der Waals surface area contributed by atoms with Crippen LogP contribution >= 0.6 is 46.4 Å². The molecule has 2 N–H and O–H groups in total. The standard InChI is InChI=1S/C21H18Cl4F3NO4/c1-19(2,3)33-18(31)29-15-6-10(4-5-12(15)22)16(30)9-20(32,21(26,27)28)11-7-13(23)17(25)14(24)8-11/h4-8,32H,9H2,1-3H3,(H,29,31). The van der Waals surface area contributed by atoms with Gasteiger partial charge in [0.15, 0.2) is 11.4 Å². The highest BCUT2D eigenvalue weighted by molar-refractivity contribution is 6.48. The highest BCUT2D eigenvalue weighted by Crippen LogP contribution is 2.45. The molecule has 0 saturated carbocycles. The summed E-state index contributed by atoms with van der Waals surface area (Å²) in [4.78, 5) is 24.8. The summed E-state index contributed by atoms with van der Waals surface area (Å²) < 4.78 is 46.8. The molecule has 0 radical (unpaired) electrons. The van der Waals surface area contributed by atoms with Gasteiger partial charge in [0.2, 0.25) is 0 Å². The molecule has 0 aliphatic rings. The van der Waals surface area contributed by atoms with Crippen molar-refractivity contribution in [2.75, 3.05) is 5.32 Å². The third kappa shape index (κ3) is 6.67. The van der Waals surface area contributed by atoms with Gasteiger partial charge in [0.05, 0.1) is 32.2 Å². The Morgan fingerprint density at radius 3 is 2.00 bits per heavy atom. The van der Waals surface area contributed by atoms with Gasteiger partial charge in [0, 0.05) is 5.56 Å².